The fourth-order valence-electron chi connectivity index (χ4n) is 2.16. The molecule has 0 bridgehead atoms. The Morgan fingerprint density at radius 2 is 2.04 bits per heavy atom. The number of aryl methyl sites for hydroxylation is 2. The predicted molar refractivity (Wildman–Crippen MR) is 96.0 cm³/mol. The zero-order valence-corrected chi connectivity index (χ0v) is 15.0. The maximum atomic E-state index is 11.0. The minimum atomic E-state index is -0.337. The smallest absolute Gasteiger partial charge is 0.222 e. The summed E-state index contributed by atoms with van der Waals surface area (Å²) in [6.07, 6.45) is 0.240. The molecule has 124 valence electrons. The second-order valence-electron chi connectivity index (χ2n) is 5.46. The van der Waals surface area contributed by atoms with Crippen LogP contribution in [0.5, 0.6) is 0 Å². The van der Waals surface area contributed by atoms with Crippen molar-refractivity contribution in [2.45, 2.75) is 30.4 Å². The summed E-state index contributed by atoms with van der Waals surface area (Å²) in [4.78, 5) is 16.4. The third-order valence-electron chi connectivity index (χ3n) is 3.45. The number of rotatable bonds is 6. The van der Waals surface area contributed by atoms with Crippen LogP contribution in [0.25, 0.3) is 11.3 Å². The summed E-state index contributed by atoms with van der Waals surface area (Å²) in [5, 5.41) is 4.12. The number of benzene rings is 1. The molecule has 24 heavy (non-hydrogen) atoms. The molecule has 3 aromatic rings. The highest BCUT2D eigenvalue weighted by Crippen LogP contribution is 2.31. The van der Waals surface area contributed by atoms with E-state index in [1.807, 2.05) is 25.1 Å². The number of thiazole rings is 1. The first-order chi connectivity index (χ1) is 11.5. The first-order valence-corrected chi connectivity index (χ1v) is 9.21. The lowest BCUT2D eigenvalue weighted by molar-refractivity contribution is -0.117. The number of carbonyl (C=O) groups is 1. The van der Waals surface area contributed by atoms with E-state index in [9.17, 15) is 4.79 Å². The van der Waals surface area contributed by atoms with Crippen LogP contribution in [0.15, 0.2) is 39.2 Å². The van der Waals surface area contributed by atoms with Gasteiger partial charge in [-0.1, -0.05) is 46.7 Å². The first kappa shape index (κ1) is 16.7. The van der Waals surface area contributed by atoms with Crippen molar-refractivity contribution in [3.63, 3.8) is 0 Å². The van der Waals surface area contributed by atoms with Crippen molar-refractivity contribution >= 4 is 29.0 Å². The van der Waals surface area contributed by atoms with Crippen molar-refractivity contribution in [3.8, 4) is 11.3 Å². The average molecular weight is 359 g/mol. The van der Waals surface area contributed by atoms with Gasteiger partial charge in [0.1, 0.15) is 11.5 Å². The molecule has 0 saturated carbocycles. The van der Waals surface area contributed by atoms with Gasteiger partial charge in [-0.3, -0.25) is 4.79 Å². The summed E-state index contributed by atoms with van der Waals surface area (Å²) in [5.74, 6) is 1.10. The van der Waals surface area contributed by atoms with Crippen molar-refractivity contribution in [2.75, 3.05) is 0 Å². The summed E-state index contributed by atoms with van der Waals surface area (Å²) in [6.45, 7) is 3.94. The van der Waals surface area contributed by atoms with Gasteiger partial charge in [0.25, 0.3) is 0 Å². The minimum Gasteiger partial charge on any atom is -0.369 e. The normalized spacial score (nSPS) is 10.9. The Labute approximate surface area is 148 Å². The topological polar surface area (TPSA) is 82.0 Å². The van der Waals surface area contributed by atoms with Crippen molar-refractivity contribution < 1.29 is 9.32 Å². The molecule has 0 saturated heterocycles. The SMILES string of the molecule is Cc1ccc(-c2cc(CSc3nc(C)c(CC(N)=O)s3)on2)cc1. The molecular formula is C17H17N3O2S2. The number of hydrogen-bond donors (Lipinski definition) is 1. The molecule has 2 heterocycles. The van der Waals surface area contributed by atoms with E-state index in [1.165, 1.54) is 16.9 Å². The van der Waals surface area contributed by atoms with Crippen LogP contribution in [0.4, 0.5) is 0 Å². The molecule has 1 amide bonds. The molecule has 3 rings (SSSR count). The van der Waals surface area contributed by atoms with Crippen molar-refractivity contribution in [1.82, 2.24) is 10.1 Å². The molecule has 7 heteroatoms. The molecule has 0 radical (unpaired) electrons. The van der Waals surface area contributed by atoms with E-state index in [4.69, 9.17) is 10.3 Å². The first-order valence-electron chi connectivity index (χ1n) is 7.41. The van der Waals surface area contributed by atoms with Gasteiger partial charge in [0.15, 0.2) is 4.34 Å². The van der Waals surface area contributed by atoms with Crippen LogP contribution in [-0.2, 0) is 17.0 Å². The van der Waals surface area contributed by atoms with E-state index in [0.717, 1.165) is 31.9 Å². The number of aromatic nitrogens is 2. The number of thioether (sulfide) groups is 1. The zero-order chi connectivity index (χ0) is 17.1. The van der Waals surface area contributed by atoms with Crippen LogP contribution in [0, 0.1) is 13.8 Å². The van der Waals surface area contributed by atoms with Gasteiger partial charge in [-0.05, 0) is 13.8 Å². The molecule has 0 aliphatic heterocycles. The second-order valence-corrected chi connectivity index (χ2v) is 7.77. The number of nitrogens with two attached hydrogens (primary N) is 1. The number of carbonyl (C=O) groups excluding carboxylic acids is 1. The Morgan fingerprint density at radius 3 is 2.75 bits per heavy atom. The summed E-state index contributed by atoms with van der Waals surface area (Å²) in [7, 11) is 0. The van der Waals surface area contributed by atoms with Gasteiger partial charge in [-0.15, -0.1) is 11.3 Å². The van der Waals surface area contributed by atoms with E-state index in [2.05, 4.69) is 29.2 Å². The molecule has 2 aromatic heterocycles. The standard InChI is InChI=1S/C17H17N3O2S2/c1-10-3-5-12(6-4-10)14-7-13(22-20-14)9-23-17-19-11(2)15(24-17)8-16(18)21/h3-7H,8-9H2,1-2H3,(H2,18,21). The van der Waals surface area contributed by atoms with Crippen LogP contribution < -0.4 is 5.73 Å². The Bertz CT molecular complexity index is 853. The summed E-state index contributed by atoms with van der Waals surface area (Å²) < 4.78 is 6.30. The fourth-order valence-corrected chi connectivity index (χ4v) is 4.28. The summed E-state index contributed by atoms with van der Waals surface area (Å²) in [5.41, 5.74) is 9.18. The van der Waals surface area contributed by atoms with E-state index >= 15 is 0 Å². The highest BCUT2D eigenvalue weighted by atomic mass is 32.2. The molecule has 0 spiro atoms. The van der Waals surface area contributed by atoms with Gasteiger partial charge in [0.05, 0.1) is 17.9 Å². The molecule has 0 aliphatic rings. The van der Waals surface area contributed by atoms with E-state index in [-0.39, 0.29) is 12.3 Å². The third kappa shape index (κ3) is 4.04. The number of primary amides is 1. The number of nitrogens with zero attached hydrogens (tertiary/aromatic N) is 2. The highest BCUT2D eigenvalue weighted by Gasteiger charge is 2.12. The Balaban J connectivity index is 1.65. The van der Waals surface area contributed by atoms with Crippen LogP contribution in [0.1, 0.15) is 21.9 Å². The van der Waals surface area contributed by atoms with Gasteiger partial charge in [-0.2, -0.15) is 0 Å². The Hall–Kier alpha value is -2.12. The minimum absolute atomic E-state index is 0.240. The molecule has 0 fully saturated rings. The number of amides is 1. The van der Waals surface area contributed by atoms with Gasteiger partial charge in [0, 0.05) is 16.5 Å². The maximum absolute atomic E-state index is 11.0. The quantitative estimate of drug-likeness (QED) is 0.678. The van der Waals surface area contributed by atoms with Crippen molar-refractivity contribution in [2.24, 2.45) is 5.73 Å². The summed E-state index contributed by atoms with van der Waals surface area (Å²) in [6, 6.07) is 10.1. The maximum Gasteiger partial charge on any atom is 0.222 e. The molecule has 1 aromatic carbocycles. The lowest BCUT2D eigenvalue weighted by Gasteiger charge is -1.95. The molecule has 0 aliphatic carbocycles. The number of hydrogen-bond acceptors (Lipinski definition) is 6. The van der Waals surface area contributed by atoms with E-state index < -0.39 is 0 Å². The van der Waals surface area contributed by atoms with Crippen LogP contribution in [0.3, 0.4) is 0 Å². The van der Waals surface area contributed by atoms with Gasteiger partial charge in [0.2, 0.25) is 5.91 Å². The zero-order valence-electron chi connectivity index (χ0n) is 13.4. The van der Waals surface area contributed by atoms with E-state index in [0.29, 0.717) is 5.75 Å². The molecule has 0 unspecified atom stereocenters. The van der Waals surface area contributed by atoms with Gasteiger partial charge >= 0.3 is 0 Å². The molecule has 5 nitrogen and oxygen atoms in total. The van der Waals surface area contributed by atoms with Crippen molar-refractivity contribution in [3.05, 3.63) is 52.2 Å². The molecule has 0 atom stereocenters. The monoisotopic (exact) mass is 359 g/mol. The van der Waals surface area contributed by atoms with Crippen molar-refractivity contribution in [1.29, 1.82) is 0 Å². The average Bonchev–Trinajstić information content (AvgIpc) is 3.13. The largest absolute Gasteiger partial charge is 0.369 e. The van der Waals surface area contributed by atoms with Crippen LogP contribution in [-0.4, -0.2) is 16.0 Å². The lowest BCUT2D eigenvalue weighted by atomic mass is 10.1. The highest BCUT2D eigenvalue weighted by molar-refractivity contribution is 8.00. The van der Waals surface area contributed by atoms with Gasteiger partial charge in [-0.25, -0.2) is 4.98 Å². The Morgan fingerprint density at radius 1 is 1.29 bits per heavy atom. The third-order valence-corrected chi connectivity index (χ3v) is 5.77. The Kier molecular flexibility index (Phi) is 5.01. The fraction of sp³-hybridized carbons (Fsp3) is 0.235. The lowest BCUT2D eigenvalue weighted by Crippen LogP contribution is -2.13. The second kappa shape index (κ2) is 7.19. The van der Waals surface area contributed by atoms with Crippen LogP contribution in [0.2, 0.25) is 0 Å². The van der Waals surface area contributed by atoms with E-state index in [1.54, 1.807) is 11.8 Å². The molecule has 2 N–H and O–H groups in total. The summed E-state index contributed by atoms with van der Waals surface area (Å²) >= 11 is 3.07. The molecular weight excluding hydrogens is 342 g/mol. The predicted octanol–water partition coefficient (Wildman–Crippen LogP) is 3.74. The van der Waals surface area contributed by atoms with Crippen LogP contribution >= 0.6 is 23.1 Å². The van der Waals surface area contributed by atoms with Gasteiger partial charge < -0.3 is 10.3 Å².